The van der Waals surface area contributed by atoms with Gasteiger partial charge in [-0.1, -0.05) is 6.92 Å². The molecule has 1 aliphatic rings. The minimum atomic E-state index is -0.760. The summed E-state index contributed by atoms with van der Waals surface area (Å²) in [5.41, 5.74) is -0.176. The van der Waals surface area contributed by atoms with Gasteiger partial charge in [0.1, 0.15) is 16.9 Å². The number of carbonyl (C=O) groups excluding carboxylic acids is 1. The molecule has 0 radical (unpaired) electrons. The lowest BCUT2D eigenvalue weighted by Gasteiger charge is -2.08. The van der Waals surface area contributed by atoms with Crippen molar-refractivity contribution in [2.45, 2.75) is 19.3 Å². The number of aromatic hydroxyl groups is 2. The van der Waals surface area contributed by atoms with E-state index in [1.807, 2.05) is 6.92 Å². The van der Waals surface area contributed by atoms with Crippen LogP contribution in [-0.4, -0.2) is 16.0 Å². The third-order valence-electron chi connectivity index (χ3n) is 3.27. The molecule has 0 unspecified atom stereocenters. The highest BCUT2D eigenvalue weighted by Crippen LogP contribution is 2.39. The standard InChI is InChI=1S/C13H10O5/c1-5-2-9(16)12-10(5)7-3-6(14)4-8(15)11(7)13(17)18-12/h3-5,14-15H,2H2,1H3/t5-/m0/s1. The summed E-state index contributed by atoms with van der Waals surface area (Å²) in [6, 6.07) is 2.45. The largest absolute Gasteiger partial charge is 0.508 e. The van der Waals surface area contributed by atoms with Gasteiger partial charge in [0.05, 0.1) is 0 Å². The number of fused-ring (bicyclic) bond motifs is 3. The molecule has 3 rings (SSSR count). The summed E-state index contributed by atoms with van der Waals surface area (Å²) in [5, 5.41) is 19.6. The van der Waals surface area contributed by atoms with Crippen molar-refractivity contribution in [3.05, 3.63) is 33.9 Å². The summed E-state index contributed by atoms with van der Waals surface area (Å²) in [6.07, 6.45) is 0.272. The van der Waals surface area contributed by atoms with E-state index in [1.165, 1.54) is 6.07 Å². The van der Waals surface area contributed by atoms with Gasteiger partial charge in [-0.2, -0.15) is 0 Å². The number of hydrogen-bond acceptors (Lipinski definition) is 5. The fourth-order valence-electron chi connectivity index (χ4n) is 2.53. The van der Waals surface area contributed by atoms with E-state index in [2.05, 4.69) is 0 Å². The second-order valence-electron chi connectivity index (χ2n) is 4.55. The highest BCUT2D eigenvalue weighted by Gasteiger charge is 2.32. The molecule has 2 N–H and O–H groups in total. The minimum absolute atomic E-state index is 0.00750. The van der Waals surface area contributed by atoms with Crippen molar-refractivity contribution in [1.29, 1.82) is 0 Å². The van der Waals surface area contributed by atoms with Crippen molar-refractivity contribution in [1.82, 2.24) is 0 Å². The molecule has 92 valence electrons. The Labute approximate surface area is 101 Å². The van der Waals surface area contributed by atoms with Gasteiger partial charge in [0.25, 0.3) is 0 Å². The van der Waals surface area contributed by atoms with Gasteiger partial charge in [-0.3, -0.25) is 4.79 Å². The van der Waals surface area contributed by atoms with Crippen molar-refractivity contribution in [2.24, 2.45) is 0 Å². The Morgan fingerprint density at radius 1 is 1.28 bits per heavy atom. The van der Waals surface area contributed by atoms with E-state index in [0.29, 0.717) is 10.9 Å². The van der Waals surface area contributed by atoms with Gasteiger partial charge in [-0.25, -0.2) is 4.79 Å². The molecule has 1 aromatic heterocycles. The second-order valence-corrected chi connectivity index (χ2v) is 4.55. The molecule has 2 aromatic rings. The van der Waals surface area contributed by atoms with Gasteiger partial charge in [-0.15, -0.1) is 0 Å². The van der Waals surface area contributed by atoms with Gasteiger partial charge in [-0.05, 0) is 12.0 Å². The molecule has 5 nitrogen and oxygen atoms in total. The van der Waals surface area contributed by atoms with Crippen molar-refractivity contribution in [3.8, 4) is 11.5 Å². The van der Waals surface area contributed by atoms with E-state index < -0.39 is 5.63 Å². The quantitative estimate of drug-likeness (QED) is 0.741. The number of phenols is 2. The second kappa shape index (κ2) is 3.35. The Morgan fingerprint density at radius 3 is 2.72 bits per heavy atom. The van der Waals surface area contributed by atoms with Crippen LogP contribution in [0.25, 0.3) is 10.8 Å². The zero-order valence-corrected chi connectivity index (χ0v) is 9.56. The summed E-state index contributed by atoms with van der Waals surface area (Å²) in [4.78, 5) is 23.4. The van der Waals surface area contributed by atoms with Crippen LogP contribution in [0.4, 0.5) is 0 Å². The molecule has 5 heteroatoms. The molecule has 1 aliphatic carbocycles. The topological polar surface area (TPSA) is 87.7 Å². The molecule has 18 heavy (non-hydrogen) atoms. The molecular weight excluding hydrogens is 236 g/mol. The predicted molar refractivity (Wildman–Crippen MR) is 63.2 cm³/mol. The average Bonchev–Trinajstić information content (AvgIpc) is 2.53. The van der Waals surface area contributed by atoms with Crippen LogP contribution in [0.5, 0.6) is 11.5 Å². The highest BCUT2D eigenvalue weighted by atomic mass is 16.4. The van der Waals surface area contributed by atoms with Crippen LogP contribution in [0.2, 0.25) is 0 Å². The lowest BCUT2D eigenvalue weighted by molar-refractivity contribution is 0.0963. The average molecular weight is 246 g/mol. The summed E-state index contributed by atoms with van der Waals surface area (Å²) in [5.74, 6) is -0.766. The Bertz CT molecular complexity index is 741. The van der Waals surface area contributed by atoms with Crippen LogP contribution < -0.4 is 5.63 Å². The lowest BCUT2D eigenvalue weighted by Crippen LogP contribution is -2.06. The fraction of sp³-hybridized carbons (Fsp3) is 0.231. The molecule has 1 heterocycles. The number of carbonyl (C=O) groups is 1. The Balaban J connectivity index is 2.57. The van der Waals surface area contributed by atoms with Gasteiger partial charge in [0.2, 0.25) is 0 Å². The van der Waals surface area contributed by atoms with Crippen molar-refractivity contribution < 1.29 is 19.4 Å². The predicted octanol–water partition coefficient (Wildman–Crippen LogP) is 1.89. The van der Waals surface area contributed by atoms with Gasteiger partial charge < -0.3 is 14.6 Å². The van der Waals surface area contributed by atoms with Crippen LogP contribution in [0.3, 0.4) is 0 Å². The van der Waals surface area contributed by atoms with Gasteiger partial charge >= 0.3 is 5.63 Å². The number of rotatable bonds is 0. The normalized spacial score (nSPS) is 18.3. The van der Waals surface area contributed by atoms with E-state index in [1.54, 1.807) is 0 Å². The molecule has 0 amide bonds. The first-order chi connectivity index (χ1) is 8.49. The maximum atomic E-state index is 11.8. The van der Waals surface area contributed by atoms with E-state index in [4.69, 9.17) is 4.42 Å². The zero-order chi connectivity index (χ0) is 13.0. The molecular formula is C13H10O5. The summed E-state index contributed by atoms with van der Waals surface area (Å²) < 4.78 is 4.99. The fourth-order valence-corrected chi connectivity index (χ4v) is 2.53. The lowest BCUT2D eigenvalue weighted by atomic mass is 9.99. The Morgan fingerprint density at radius 2 is 2.00 bits per heavy atom. The molecule has 0 saturated carbocycles. The molecule has 0 fully saturated rings. The number of ketones is 1. The van der Waals surface area contributed by atoms with Crippen LogP contribution in [0.15, 0.2) is 21.3 Å². The first-order valence-corrected chi connectivity index (χ1v) is 5.55. The van der Waals surface area contributed by atoms with Gasteiger partial charge in [0.15, 0.2) is 11.5 Å². The number of hydrogen-bond donors (Lipinski definition) is 2. The summed E-state index contributed by atoms with van der Waals surface area (Å²) in [7, 11) is 0. The van der Waals surface area contributed by atoms with Gasteiger partial charge in [0, 0.05) is 23.4 Å². The molecule has 0 spiro atoms. The smallest absolute Gasteiger partial charge is 0.348 e. The van der Waals surface area contributed by atoms with E-state index in [9.17, 15) is 19.8 Å². The molecule has 0 bridgehead atoms. The third kappa shape index (κ3) is 1.27. The van der Waals surface area contributed by atoms with Crippen molar-refractivity contribution >= 4 is 16.6 Å². The highest BCUT2D eigenvalue weighted by molar-refractivity contribution is 6.05. The van der Waals surface area contributed by atoms with Crippen LogP contribution in [0.1, 0.15) is 35.4 Å². The van der Waals surface area contributed by atoms with Crippen molar-refractivity contribution in [3.63, 3.8) is 0 Å². The summed E-state index contributed by atoms with van der Waals surface area (Å²) in [6.45, 7) is 1.84. The first-order valence-electron chi connectivity index (χ1n) is 5.55. The molecule has 0 saturated heterocycles. The van der Waals surface area contributed by atoms with E-state index in [0.717, 1.165) is 6.07 Å². The monoisotopic (exact) mass is 246 g/mol. The maximum absolute atomic E-state index is 11.8. The van der Waals surface area contributed by atoms with E-state index >= 15 is 0 Å². The number of phenolic OH excluding ortho intramolecular Hbond substituents is 2. The number of Topliss-reactive ketones (excluding diaryl/α,β-unsaturated/α-hetero) is 1. The van der Waals surface area contributed by atoms with Crippen LogP contribution in [-0.2, 0) is 0 Å². The Hall–Kier alpha value is -2.30. The minimum Gasteiger partial charge on any atom is -0.508 e. The first kappa shape index (κ1) is 10.8. The molecule has 0 aliphatic heterocycles. The maximum Gasteiger partial charge on any atom is 0.348 e. The SMILES string of the molecule is C[C@H]1CC(=O)c2oc(=O)c3c(O)cc(O)cc3c21. The molecule has 1 atom stereocenters. The third-order valence-corrected chi connectivity index (χ3v) is 3.27. The Kier molecular flexibility index (Phi) is 2.02. The summed E-state index contributed by atoms with van der Waals surface area (Å²) >= 11 is 0. The number of benzene rings is 1. The zero-order valence-electron chi connectivity index (χ0n) is 9.56. The van der Waals surface area contributed by atoms with Crippen LogP contribution >= 0.6 is 0 Å². The van der Waals surface area contributed by atoms with Crippen LogP contribution in [0, 0.1) is 0 Å². The molecule has 1 aromatic carbocycles. The van der Waals surface area contributed by atoms with E-state index in [-0.39, 0.29) is 40.8 Å². The van der Waals surface area contributed by atoms with Crippen molar-refractivity contribution in [2.75, 3.05) is 0 Å².